The van der Waals surface area contributed by atoms with Crippen molar-refractivity contribution >= 4 is 28.6 Å². The van der Waals surface area contributed by atoms with Crippen LogP contribution in [-0.4, -0.2) is 40.0 Å². The van der Waals surface area contributed by atoms with Gasteiger partial charge in [-0.15, -0.1) is 0 Å². The van der Waals surface area contributed by atoms with Crippen molar-refractivity contribution in [3.05, 3.63) is 64.7 Å². The first-order valence-electron chi connectivity index (χ1n) is 9.87. The summed E-state index contributed by atoms with van der Waals surface area (Å²) in [6, 6.07) is 13.0. The molecular formula is C22H22FN3O3S. The van der Waals surface area contributed by atoms with Crippen LogP contribution in [0.3, 0.4) is 0 Å². The van der Waals surface area contributed by atoms with E-state index in [9.17, 15) is 14.0 Å². The summed E-state index contributed by atoms with van der Waals surface area (Å²) in [6.07, 6.45) is 1.98. The molecule has 0 radical (unpaired) electrons. The van der Waals surface area contributed by atoms with Crippen molar-refractivity contribution in [1.29, 1.82) is 0 Å². The Balaban J connectivity index is 1.67. The zero-order valence-electron chi connectivity index (χ0n) is 16.5. The third-order valence-corrected chi connectivity index (χ3v) is 6.07. The van der Waals surface area contributed by atoms with Crippen LogP contribution in [-0.2, 0) is 9.53 Å². The number of hydrogen-bond acceptors (Lipinski definition) is 5. The average molecular weight is 428 g/mol. The van der Waals surface area contributed by atoms with E-state index in [1.165, 1.54) is 16.7 Å². The number of thioether (sulfide) groups is 1. The fourth-order valence-corrected chi connectivity index (χ4v) is 4.36. The van der Waals surface area contributed by atoms with E-state index >= 15 is 0 Å². The number of para-hydroxylation sites is 2. The lowest BCUT2D eigenvalue weighted by molar-refractivity contribution is -0.120. The minimum Gasteiger partial charge on any atom is -0.376 e. The summed E-state index contributed by atoms with van der Waals surface area (Å²) >= 11 is 1.13. The monoisotopic (exact) mass is 427 g/mol. The maximum Gasteiger partial charge on any atom is 0.266 e. The number of amides is 1. The molecular weight excluding hydrogens is 405 g/mol. The van der Waals surface area contributed by atoms with Crippen molar-refractivity contribution in [3.63, 3.8) is 0 Å². The van der Waals surface area contributed by atoms with Crippen LogP contribution in [0.15, 0.2) is 58.5 Å². The fourth-order valence-electron chi connectivity index (χ4n) is 3.41. The van der Waals surface area contributed by atoms with E-state index in [2.05, 4.69) is 10.3 Å². The van der Waals surface area contributed by atoms with E-state index in [1.807, 2.05) is 0 Å². The van der Waals surface area contributed by atoms with Gasteiger partial charge >= 0.3 is 0 Å². The van der Waals surface area contributed by atoms with Gasteiger partial charge in [-0.1, -0.05) is 36.0 Å². The van der Waals surface area contributed by atoms with Crippen LogP contribution in [0.2, 0.25) is 0 Å². The summed E-state index contributed by atoms with van der Waals surface area (Å²) in [7, 11) is 0. The normalized spacial score (nSPS) is 17.2. The molecule has 6 nitrogen and oxygen atoms in total. The highest BCUT2D eigenvalue weighted by molar-refractivity contribution is 8.00. The lowest BCUT2D eigenvalue weighted by Gasteiger charge is -2.17. The third-order valence-electron chi connectivity index (χ3n) is 5.02. The SMILES string of the molecule is C[C@@H](Sc1nc2ccccc2c(=O)n1-c1ccccc1F)C(=O)NC[C@@H]1CCCO1. The summed E-state index contributed by atoms with van der Waals surface area (Å²) < 4.78 is 21.3. The van der Waals surface area contributed by atoms with Gasteiger partial charge in [-0.3, -0.25) is 14.2 Å². The van der Waals surface area contributed by atoms with Gasteiger partial charge in [-0.2, -0.15) is 0 Å². The number of carbonyl (C=O) groups is 1. The van der Waals surface area contributed by atoms with Gasteiger partial charge in [0.15, 0.2) is 5.16 Å². The maximum atomic E-state index is 14.5. The molecule has 1 fully saturated rings. The number of nitrogens with one attached hydrogen (secondary N) is 1. The summed E-state index contributed by atoms with van der Waals surface area (Å²) in [5, 5.41) is 3.02. The van der Waals surface area contributed by atoms with Crippen molar-refractivity contribution in [2.45, 2.75) is 36.3 Å². The minimum atomic E-state index is -0.533. The van der Waals surface area contributed by atoms with E-state index < -0.39 is 11.1 Å². The summed E-state index contributed by atoms with van der Waals surface area (Å²) in [5.74, 6) is -0.716. The van der Waals surface area contributed by atoms with Gasteiger partial charge < -0.3 is 10.1 Å². The van der Waals surface area contributed by atoms with E-state index in [1.54, 1.807) is 43.3 Å². The second kappa shape index (κ2) is 8.97. The van der Waals surface area contributed by atoms with Crippen molar-refractivity contribution in [1.82, 2.24) is 14.9 Å². The molecule has 0 aliphatic carbocycles. The number of ether oxygens (including phenoxy) is 1. The molecule has 1 N–H and O–H groups in total. The Labute approximate surface area is 177 Å². The average Bonchev–Trinajstić information content (AvgIpc) is 3.27. The second-order valence-corrected chi connectivity index (χ2v) is 8.45. The predicted octanol–water partition coefficient (Wildman–Crippen LogP) is 3.30. The molecule has 2 atom stereocenters. The molecule has 1 aromatic heterocycles. The van der Waals surface area contributed by atoms with Gasteiger partial charge in [0, 0.05) is 13.2 Å². The predicted molar refractivity (Wildman–Crippen MR) is 115 cm³/mol. The lowest BCUT2D eigenvalue weighted by atomic mass is 10.2. The smallest absolute Gasteiger partial charge is 0.266 e. The highest BCUT2D eigenvalue weighted by atomic mass is 32.2. The second-order valence-electron chi connectivity index (χ2n) is 7.14. The van der Waals surface area contributed by atoms with Gasteiger partial charge in [0.1, 0.15) is 5.82 Å². The standard InChI is InChI=1S/C22H22FN3O3S/c1-14(20(27)24-13-15-7-6-12-29-15)30-22-25-18-10-4-2-8-16(18)21(28)26(22)19-11-5-3-9-17(19)23/h2-5,8-11,14-15H,6-7,12-13H2,1H3,(H,24,27)/t14-,15+/m1/s1. The van der Waals surface area contributed by atoms with Crippen LogP contribution in [0.5, 0.6) is 0 Å². The molecule has 4 rings (SSSR count). The zero-order valence-corrected chi connectivity index (χ0v) is 17.3. The number of benzene rings is 2. The number of carbonyl (C=O) groups excluding carboxylic acids is 1. The van der Waals surface area contributed by atoms with Crippen LogP contribution in [0, 0.1) is 5.82 Å². The Bertz CT molecular complexity index is 1130. The molecule has 1 amide bonds. The number of aromatic nitrogens is 2. The first-order valence-corrected chi connectivity index (χ1v) is 10.7. The van der Waals surface area contributed by atoms with Crippen molar-refractivity contribution in [3.8, 4) is 5.69 Å². The Kier molecular flexibility index (Phi) is 6.15. The van der Waals surface area contributed by atoms with Gasteiger partial charge in [0.25, 0.3) is 5.56 Å². The number of rotatable bonds is 6. The Morgan fingerprint density at radius 2 is 2.07 bits per heavy atom. The number of halogens is 1. The number of nitrogens with zero attached hydrogens (tertiary/aromatic N) is 2. The molecule has 0 spiro atoms. The Hall–Kier alpha value is -2.71. The Morgan fingerprint density at radius 3 is 2.83 bits per heavy atom. The molecule has 156 valence electrons. The van der Waals surface area contributed by atoms with Gasteiger partial charge in [-0.25, -0.2) is 9.37 Å². The summed E-state index contributed by atoms with van der Waals surface area (Å²) in [6.45, 7) is 2.91. The van der Waals surface area contributed by atoms with Gasteiger partial charge in [0.2, 0.25) is 5.91 Å². The van der Waals surface area contributed by atoms with Crippen LogP contribution in [0.1, 0.15) is 19.8 Å². The summed E-state index contributed by atoms with van der Waals surface area (Å²) in [5.41, 5.74) is 0.236. The largest absolute Gasteiger partial charge is 0.376 e. The fraction of sp³-hybridized carbons (Fsp3) is 0.318. The molecule has 8 heteroatoms. The van der Waals surface area contributed by atoms with Crippen molar-refractivity contribution in [2.75, 3.05) is 13.2 Å². The van der Waals surface area contributed by atoms with E-state index in [-0.39, 0.29) is 28.4 Å². The highest BCUT2D eigenvalue weighted by Crippen LogP contribution is 2.26. The van der Waals surface area contributed by atoms with Crippen LogP contribution in [0.4, 0.5) is 4.39 Å². The molecule has 2 aromatic carbocycles. The highest BCUT2D eigenvalue weighted by Gasteiger charge is 2.23. The lowest BCUT2D eigenvalue weighted by Crippen LogP contribution is -2.37. The third kappa shape index (κ3) is 4.24. The molecule has 1 saturated heterocycles. The van der Waals surface area contributed by atoms with E-state index in [4.69, 9.17) is 4.74 Å². The van der Waals surface area contributed by atoms with Gasteiger partial charge in [0.05, 0.1) is 27.9 Å². The van der Waals surface area contributed by atoms with Crippen molar-refractivity contribution < 1.29 is 13.9 Å². The van der Waals surface area contributed by atoms with Crippen LogP contribution in [0.25, 0.3) is 16.6 Å². The number of fused-ring (bicyclic) bond motifs is 1. The molecule has 0 unspecified atom stereocenters. The molecule has 2 heterocycles. The van der Waals surface area contributed by atoms with Crippen LogP contribution >= 0.6 is 11.8 Å². The topological polar surface area (TPSA) is 73.2 Å². The minimum absolute atomic E-state index is 0.0431. The van der Waals surface area contributed by atoms with Gasteiger partial charge in [-0.05, 0) is 44.0 Å². The molecule has 1 aliphatic heterocycles. The molecule has 3 aromatic rings. The molecule has 1 aliphatic rings. The first-order chi connectivity index (χ1) is 14.5. The van der Waals surface area contributed by atoms with Crippen molar-refractivity contribution in [2.24, 2.45) is 0 Å². The van der Waals surface area contributed by atoms with E-state index in [0.29, 0.717) is 17.4 Å². The summed E-state index contributed by atoms with van der Waals surface area (Å²) in [4.78, 5) is 30.3. The molecule has 0 saturated carbocycles. The first kappa shape index (κ1) is 20.6. The zero-order chi connectivity index (χ0) is 21.1. The number of hydrogen-bond donors (Lipinski definition) is 1. The maximum absolute atomic E-state index is 14.5. The molecule has 0 bridgehead atoms. The molecule has 30 heavy (non-hydrogen) atoms. The van der Waals surface area contributed by atoms with E-state index in [0.717, 1.165) is 31.2 Å². The quantitative estimate of drug-likeness (QED) is 0.483. The Morgan fingerprint density at radius 1 is 1.30 bits per heavy atom. The van der Waals surface area contributed by atoms with Crippen LogP contribution < -0.4 is 10.9 Å².